The molecule has 150 valence electrons. The molecule has 6 nitrogen and oxygen atoms in total. The van der Waals surface area contributed by atoms with E-state index in [1.165, 1.54) is 12.0 Å². The third kappa shape index (κ3) is 3.31. The number of benzene rings is 2. The van der Waals surface area contributed by atoms with E-state index >= 15 is 0 Å². The maximum Gasteiger partial charge on any atom is 0.300 e. The van der Waals surface area contributed by atoms with E-state index in [1.807, 2.05) is 0 Å². The van der Waals surface area contributed by atoms with Crippen molar-refractivity contribution in [2.75, 3.05) is 12.0 Å². The SMILES string of the molecule is COc1ccccc1/C(O)=C1\C(=O)C(=O)N(c2cccc(Cl)c2)C1c1ccccn1. The van der Waals surface area contributed by atoms with Crippen LogP contribution in [-0.4, -0.2) is 28.9 Å². The number of ketones is 1. The first kappa shape index (κ1) is 19.7. The lowest BCUT2D eigenvalue weighted by atomic mass is 9.97. The van der Waals surface area contributed by atoms with Crippen molar-refractivity contribution in [3.8, 4) is 5.75 Å². The zero-order valence-electron chi connectivity index (χ0n) is 15.9. The number of nitrogens with zero attached hydrogens (tertiary/aromatic N) is 2. The van der Waals surface area contributed by atoms with Crippen LogP contribution in [0.4, 0.5) is 5.69 Å². The number of anilines is 1. The molecule has 1 amide bonds. The molecule has 0 radical (unpaired) electrons. The third-order valence-electron chi connectivity index (χ3n) is 4.86. The Hall–Kier alpha value is -3.64. The number of carbonyl (C=O) groups is 2. The number of aliphatic hydroxyl groups is 1. The Labute approximate surface area is 178 Å². The topological polar surface area (TPSA) is 79.7 Å². The highest BCUT2D eigenvalue weighted by atomic mass is 35.5. The summed E-state index contributed by atoms with van der Waals surface area (Å²) in [6.45, 7) is 0. The highest BCUT2D eigenvalue weighted by Crippen LogP contribution is 2.42. The summed E-state index contributed by atoms with van der Waals surface area (Å²) in [5.41, 5.74) is 1.11. The maximum absolute atomic E-state index is 13.1. The molecule has 1 aliphatic heterocycles. The Morgan fingerprint density at radius 1 is 1.07 bits per heavy atom. The van der Waals surface area contributed by atoms with E-state index in [1.54, 1.807) is 72.9 Å². The predicted molar refractivity (Wildman–Crippen MR) is 113 cm³/mol. The van der Waals surface area contributed by atoms with Crippen LogP contribution in [0, 0.1) is 0 Å². The highest BCUT2D eigenvalue weighted by molar-refractivity contribution is 6.51. The standard InChI is InChI=1S/C23H17ClN2O4/c1-30-18-11-3-2-9-16(18)21(27)19-20(17-10-4-5-12-25-17)26(23(29)22(19)28)15-8-6-7-14(24)13-15/h2-13,20,27H,1H3/b21-19+. The lowest BCUT2D eigenvalue weighted by Gasteiger charge is -2.24. The average Bonchev–Trinajstić information content (AvgIpc) is 3.04. The molecule has 1 fully saturated rings. The van der Waals surface area contributed by atoms with E-state index in [-0.39, 0.29) is 11.3 Å². The van der Waals surface area contributed by atoms with Crippen LogP contribution < -0.4 is 9.64 Å². The number of ether oxygens (including phenoxy) is 1. The van der Waals surface area contributed by atoms with Gasteiger partial charge in [0.05, 0.1) is 23.9 Å². The molecule has 4 rings (SSSR count). The van der Waals surface area contributed by atoms with Gasteiger partial charge >= 0.3 is 0 Å². The van der Waals surface area contributed by atoms with E-state index in [2.05, 4.69) is 4.98 Å². The summed E-state index contributed by atoms with van der Waals surface area (Å²) >= 11 is 6.12. The van der Waals surface area contributed by atoms with Crippen molar-refractivity contribution in [2.45, 2.75) is 6.04 Å². The van der Waals surface area contributed by atoms with Gasteiger partial charge in [-0.15, -0.1) is 0 Å². The van der Waals surface area contributed by atoms with Crippen molar-refractivity contribution in [1.82, 2.24) is 4.98 Å². The van der Waals surface area contributed by atoms with Gasteiger partial charge in [0.25, 0.3) is 11.7 Å². The zero-order valence-corrected chi connectivity index (χ0v) is 16.7. The lowest BCUT2D eigenvalue weighted by Crippen LogP contribution is -2.29. The van der Waals surface area contributed by atoms with Crippen molar-refractivity contribution in [1.29, 1.82) is 0 Å². The normalized spacial score (nSPS) is 17.9. The first-order valence-electron chi connectivity index (χ1n) is 9.14. The molecule has 0 spiro atoms. The predicted octanol–water partition coefficient (Wildman–Crippen LogP) is 4.37. The molecule has 1 atom stereocenters. The molecule has 1 unspecified atom stereocenters. The minimum absolute atomic E-state index is 0.0665. The van der Waals surface area contributed by atoms with Gasteiger partial charge in [0.1, 0.15) is 17.6 Å². The Bertz CT molecular complexity index is 1160. The number of aromatic nitrogens is 1. The minimum Gasteiger partial charge on any atom is -0.507 e. The van der Waals surface area contributed by atoms with E-state index in [0.29, 0.717) is 27.7 Å². The number of hydrogen-bond acceptors (Lipinski definition) is 5. The Morgan fingerprint density at radius 3 is 2.53 bits per heavy atom. The molecule has 2 heterocycles. The minimum atomic E-state index is -0.922. The molecule has 1 aromatic heterocycles. The summed E-state index contributed by atoms with van der Waals surface area (Å²) < 4.78 is 5.32. The zero-order chi connectivity index (χ0) is 21.3. The van der Waals surface area contributed by atoms with Crippen molar-refractivity contribution in [3.63, 3.8) is 0 Å². The van der Waals surface area contributed by atoms with E-state index in [9.17, 15) is 14.7 Å². The number of rotatable bonds is 4. The summed E-state index contributed by atoms with van der Waals surface area (Å²) in [7, 11) is 1.47. The number of aliphatic hydroxyl groups excluding tert-OH is 1. The molecular formula is C23H17ClN2O4. The number of Topliss-reactive ketones (excluding diaryl/α,β-unsaturated/α-hetero) is 1. The van der Waals surface area contributed by atoms with Crippen LogP contribution in [0.1, 0.15) is 17.3 Å². The van der Waals surface area contributed by atoms with Crippen LogP contribution >= 0.6 is 11.6 Å². The van der Waals surface area contributed by atoms with Gasteiger partial charge in [-0.1, -0.05) is 35.9 Å². The van der Waals surface area contributed by atoms with Crippen LogP contribution in [0.5, 0.6) is 5.75 Å². The molecular weight excluding hydrogens is 404 g/mol. The van der Waals surface area contributed by atoms with Crippen molar-refractivity contribution in [3.05, 3.63) is 94.8 Å². The second kappa shape index (κ2) is 8.00. The van der Waals surface area contributed by atoms with Crippen LogP contribution in [0.15, 0.2) is 78.5 Å². The van der Waals surface area contributed by atoms with Crippen LogP contribution in [-0.2, 0) is 9.59 Å². The molecule has 1 N–H and O–H groups in total. The fourth-order valence-electron chi connectivity index (χ4n) is 3.53. The van der Waals surface area contributed by atoms with E-state index < -0.39 is 17.7 Å². The Balaban J connectivity index is 1.97. The lowest BCUT2D eigenvalue weighted by molar-refractivity contribution is -0.132. The third-order valence-corrected chi connectivity index (χ3v) is 5.10. The number of methoxy groups -OCH3 is 1. The molecule has 0 bridgehead atoms. The molecule has 3 aromatic rings. The number of halogens is 1. The number of pyridine rings is 1. The molecule has 2 aromatic carbocycles. The monoisotopic (exact) mass is 420 g/mol. The van der Waals surface area contributed by atoms with Crippen molar-refractivity contribution < 1.29 is 19.4 Å². The van der Waals surface area contributed by atoms with Gasteiger partial charge in [-0.25, -0.2) is 0 Å². The molecule has 30 heavy (non-hydrogen) atoms. The van der Waals surface area contributed by atoms with E-state index in [4.69, 9.17) is 16.3 Å². The maximum atomic E-state index is 13.1. The van der Waals surface area contributed by atoms with Crippen LogP contribution in [0.2, 0.25) is 5.02 Å². The number of amides is 1. The van der Waals surface area contributed by atoms with Crippen molar-refractivity contribution in [2.24, 2.45) is 0 Å². The van der Waals surface area contributed by atoms with E-state index in [0.717, 1.165) is 0 Å². The fraction of sp³-hybridized carbons (Fsp3) is 0.0870. The fourth-order valence-corrected chi connectivity index (χ4v) is 3.71. The van der Waals surface area contributed by atoms with Gasteiger partial charge in [0.2, 0.25) is 0 Å². The number of para-hydroxylation sites is 1. The highest BCUT2D eigenvalue weighted by Gasteiger charge is 2.47. The number of carbonyl (C=O) groups excluding carboxylic acids is 2. The molecule has 0 saturated carbocycles. The first-order valence-corrected chi connectivity index (χ1v) is 9.51. The summed E-state index contributed by atoms with van der Waals surface area (Å²) in [5, 5.41) is 11.5. The van der Waals surface area contributed by atoms with Gasteiger partial charge in [-0.2, -0.15) is 0 Å². The van der Waals surface area contributed by atoms with Crippen LogP contribution in [0.25, 0.3) is 5.76 Å². The first-order chi connectivity index (χ1) is 14.5. The molecule has 1 aliphatic rings. The second-order valence-electron chi connectivity index (χ2n) is 6.60. The summed E-state index contributed by atoms with van der Waals surface area (Å²) in [4.78, 5) is 31.7. The molecule has 1 saturated heterocycles. The van der Waals surface area contributed by atoms with Gasteiger partial charge in [-0.3, -0.25) is 19.5 Å². The smallest absolute Gasteiger partial charge is 0.300 e. The Morgan fingerprint density at radius 2 is 1.83 bits per heavy atom. The van der Waals surface area contributed by atoms with Gasteiger partial charge < -0.3 is 9.84 Å². The second-order valence-corrected chi connectivity index (χ2v) is 7.04. The quantitative estimate of drug-likeness (QED) is 0.385. The largest absolute Gasteiger partial charge is 0.507 e. The Kier molecular flexibility index (Phi) is 5.25. The average molecular weight is 421 g/mol. The molecule has 7 heteroatoms. The van der Waals surface area contributed by atoms with Crippen LogP contribution in [0.3, 0.4) is 0 Å². The summed E-state index contributed by atoms with van der Waals surface area (Å²) in [6, 6.07) is 17.6. The summed E-state index contributed by atoms with van der Waals surface area (Å²) in [6.07, 6.45) is 1.57. The van der Waals surface area contributed by atoms with Gasteiger partial charge in [0, 0.05) is 16.9 Å². The van der Waals surface area contributed by atoms with Gasteiger partial charge in [0.15, 0.2) is 0 Å². The van der Waals surface area contributed by atoms with Crippen molar-refractivity contribution >= 4 is 34.7 Å². The molecule has 0 aliphatic carbocycles. The van der Waals surface area contributed by atoms with Gasteiger partial charge in [-0.05, 0) is 42.5 Å². The summed E-state index contributed by atoms with van der Waals surface area (Å²) in [5.74, 6) is -1.53. The number of hydrogen-bond donors (Lipinski definition) is 1.